The van der Waals surface area contributed by atoms with Crippen molar-refractivity contribution in [3.63, 3.8) is 0 Å². The van der Waals surface area contributed by atoms with Crippen molar-refractivity contribution in [3.05, 3.63) is 89.2 Å². The van der Waals surface area contributed by atoms with Gasteiger partial charge in [0.15, 0.2) is 15.0 Å². The number of halogens is 1. The van der Waals surface area contributed by atoms with E-state index in [1.807, 2.05) is 48.5 Å². The Morgan fingerprint density at radius 3 is 2.52 bits per heavy atom. The van der Waals surface area contributed by atoms with Crippen LogP contribution in [-0.4, -0.2) is 30.0 Å². The molecule has 4 aromatic rings. The molecule has 9 heteroatoms. The van der Waals surface area contributed by atoms with Crippen molar-refractivity contribution in [1.82, 2.24) is 9.97 Å². The van der Waals surface area contributed by atoms with Gasteiger partial charge >= 0.3 is 0 Å². The van der Waals surface area contributed by atoms with Gasteiger partial charge in [-0.15, -0.1) is 0 Å². The lowest BCUT2D eigenvalue weighted by molar-refractivity contribution is -0.118. The van der Waals surface area contributed by atoms with E-state index in [0.29, 0.717) is 21.4 Å². The number of benzene rings is 2. The number of aromatic nitrogens is 2. The van der Waals surface area contributed by atoms with Gasteiger partial charge in [0.2, 0.25) is 5.91 Å². The second-order valence-electron chi connectivity index (χ2n) is 7.57. The normalized spacial score (nSPS) is 11.5. The van der Waals surface area contributed by atoms with Gasteiger partial charge in [-0.05, 0) is 36.2 Å². The molecule has 2 heterocycles. The van der Waals surface area contributed by atoms with Crippen LogP contribution in [0.5, 0.6) is 0 Å². The summed E-state index contributed by atoms with van der Waals surface area (Å²) in [5.41, 5.74) is 2.10. The van der Waals surface area contributed by atoms with E-state index in [2.05, 4.69) is 9.97 Å². The molecule has 0 radical (unpaired) electrons. The van der Waals surface area contributed by atoms with E-state index in [9.17, 15) is 13.2 Å². The molecule has 0 saturated carbocycles. The summed E-state index contributed by atoms with van der Waals surface area (Å²) >= 11 is 7.65. The zero-order chi connectivity index (χ0) is 23.3. The fourth-order valence-corrected chi connectivity index (χ4v) is 6.12. The maximum atomic E-state index is 13.2. The standard InChI is InChI=1S/C24H22ClN3O3S2/c25-20-11-6-12-21-23(20)27-24(32-21)28(16-19-10-4-5-14-26-19)22(29)13-7-15-33(30,31)17-18-8-2-1-3-9-18/h1-6,8-12,14H,7,13,15-17H2. The van der Waals surface area contributed by atoms with Gasteiger partial charge in [-0.1, -0.05) is 65.4 Å². The van der Waals surface area contributed by atoms with E-state index in [1.54, 1.807) is 29.3 Å². The van der Waals surface area contributed by atoms with Crippen LogP contribution in [0, 0.1) is 0 Å². The lowest BCUT2D eigenvalue weighted by Gasteiger charge is -2.19. The molecule has 6 nitrogen and oxygen atoms in total. The maximum Gasteiger partial charge on any atom is 0.229 e. The lowest BCUT2D eigenvalue weighted by Crippen LogP contribution is -2.31. The van der Waals surface area contributed by atoms with Crippen molar-refractivity contribution in [2.75, 3.05) is 10.7 Å². The summed E-state index contributed by atoms with van der Waals surface area (Å²) < 4.78 is 25.9. The summed E-state index contributed by atoms with van der Waals surface area (Å²) in [6.07, 6.45) is 1.99. The average Bonchev–Trinajstić information content (AvgIpc) is 3.24. The predicted octanol–water partition coefficient (Wildman–Crippen LogP) is 5.27. The Bertz CT molecular complexity index is 1340. The molecule has 33 heavy (non-hydrogen) atoms. The second kappa shape index (κ2) is 10.4. The molecule has 0 fully saturated rings. The molecule has 4 rings (SSSR count). The van der Waals surface area contributed by atoms with Gasteiger partial charge in [-0.3, -0.25) is 14.7 Å². The maximum absolute atomic E-state index is 13.2. The molecule has 0 spiro atoms. The van der Waals surface area contributed by atoms with Crippen LogP contribution in [-0.2, 0) is 26.9 Å². The number of amides is 1. The van der Waals surface area contributed by atoms with E-state index in [-0.39, 0.29) is 36.8 Å². The van der Waals surface area contributed by atoms with E-state index >= 15 is 0 Å². The molecule has 2 aromatic heterocycles. The molecule has 2 aromatic carbocycles. The number of hydrogen-bond donors (Lipinski definition) is 0. The largest absolute Gasteiger partial charge is 0.282 e. The summed E-state index contributed by atoms with van der Waals surface area (Å²) in [6.45, 7) is 0.244. The number of para-hydroxylation sites is 1. The van der Waals surface area contributed by atoms with Crippen molar-refractivity contribution < 1.29 is 13.2 Å². The van der Waals surface area contributed by atoms with Gasteiger partial charge in [0, 0.05) is 12.6 Å². The monoisotopic (exact) mass is 499 g/mol. The third-order valence-electron chi connectivity index (χ3n) is 5.01. The molecule has 0 N–H and O–H groups in total. The molecule has 0 aliphatic rings. The quantitative estimate of drug-likeness (QED) is 0.313. The van der Waals surface area contributed by atoms with E-state index in [4.69, 9.17) is 11.6 Å². The number of sulfone groups is 1. The number of fused-ring (bicyclic) bond motifs is 1. The Kier molecular flexibility index (Phi) is 7.37. The zero-order valence-corrected chi connectivity index (χ0v) is 20.1. The highest BCUT2D eigenvalue weighted by Gasteiger charge is 2.22. The highest BCUT2D eigenvalue weighted by atomic mass is 35.5. The van der Waals surface area contributed by atoms with Crippen LogP contribution >= 0.6 is 22.9 Å². The Balaban J connectivity index is 1.49. The van der Waals surface area contributed by atoms with Crippen molar-refractivity contribution in [1.29, 1.82) is 0 Å². The van der Waals surface area contributed by atoms with E-state index < -0.39 is 9.84 Å². The predicted molar refractivity (Wildman–Crippen MR) is 133 cm³/mol. The summed E-state index contributed by atoms with van der Waals surface area (Å²) in [7, 11) is -3.32. The summed E-state index contributed by atoms with van der Waals surface area (Å²) in [5, 5.41) is 1.04. The van der Waals surface area contributed by atoms with Crippen LogP contribution in [0.25, 0.3) is 10.2 Å². The van der Waals surface area contributed by atoms with Crippen LogP contribution < -0.4 is 4.90 Å². The van der Waals surface area contributed by atoms with Crippen LogP contribution in [0.15, 0.2) is 72.9 Å². The molecule has 0 bridgehead atoms. The zero-order valence-electron chi connectivity index (χ0n) is 17.7. The molecule has 0 unspecified atom stereocenters. The highest BCUT2D eigenvalue weighted by molar-refractivity contribution is 7.90. The second-order valence-corrected chi connectivity index (χ2v) is 11.2. The van der Waals surface area contributed by atoms with Crippen molar-refractivity contribution in [2.24, 2.45) is 0 Å². The first-order chi connectivity index (χ1) is 15.9. The van der Waals surface area contributed by atoms with Gasteiger partial charge in [0.25, 0.3) is 0 Å². The van der Waals surface area contributed by atoms with Crippen LogP contribution in [0.3, 0.4) is 0 Å². The highest BCUT2D eigenvalue weighted by Crippen LogP contribution is 2.33. The van der Waals surface area contributed by atoms with Crippen molar-refractivity contribution >= 4 is 54.0 Å². The average molecular weight is 500 g/mol. The number of nitrogens with zero attached hydrogens (tertiary/aromatic N) is 3. The summed E-state index contributed by atoms with van der Waals surface area (Å²) in [6, 6.07) is 20.1. The number of carbonyl (C=O) groups excluding carboxylic acids is 1. The number of rotatable bonds is 9. The molecular formula is C24H22ClN3O3S2. The minimum Gasteiger partial charge on any atom is -0.282 e. The molecule has 0 aliphatic carbocycles. The van der Waals surface area contributed by atoms with Crippen molar-refractivity contribution in [3.8, 4) is 0 Å². The van der Waals surface area contributed by atoms with Crippen LogP contribution in [0.4, 0.5) is 5.13 Å². The number of carbonyl (C=O) groups is 1. The Labute approximate surface area is 201 Å². The van der Waals surface area contributed by atoms with Crippen LogP contribution in [0.2, 0.25) is 5.02 Å². The fourth-order valence-electron chi connectivity index (χ4n) is 3.41. The lowest BCUT2D eigenvalue weighted by atomic mass is 10.2. The fraction of sp³-hybridized carbons (Fsp3) is 0.208. The number of anilines is 1. The smallest absolute Gasteiger partial charge is 0.229 e. The van der Waals surface area contributed by atoms with Crippen molar-refractivity contribution in [2.45, 2.75) is 25.1 Å². The van der Waals surface area contributed by atoms with E-state index in [1.165, 1.54) is 11.3 Å². The summed E-state index contributed by atoms with van der Waals surface area (Å²) in [4.78, 5) is 23.7. The first-order valence-electron chi connectivity index (χ1n) is 10.4. The van der Waals surface area contributed by atoms with Gasteiger partial charge in [0.1, 0.15) is 5.52 Å². The number of hydrogen-bond acceptors (Lipinski definition) is 6. The third-order valence-corrected chi connectivity index (χ3v) is 8.04. The topological polar surface area (TPSA) is 80.2 Å². The first-order valence-corrected chi connectivity index (χ1v) is 13.4. The molecule has 0 aliphatic heterocycles. The Morgan fingerprint density at radius 1 is 1.00 bits per heavy atom. The Hall–Kier alpha value is -2.81. The SMILES string of the molecule is O=C(CCCS(=O)(=O)Cc1ccccc1)N(Cc1ccccn1)c1nc2c(Cl)cccc2s1. The Morgan fingerprint density at radius 2 is 1.79 bits per heavy atom. The summed E-state index contributed by atoms with van der Waals surface area (Å²) in [5.74, 6) is -0.294. The van der Waals surface area contributed by atoms with Gasteiger partial charge < -0.3 is 0 Å². The molecular weight excluding hydrogens is 478 g/mol. The minimum atomic E-state index is -3.32. The van der Waals surface area contributed by atoms with Crippen LogP contribution in [0.1, 0.15) is 24.1 Å². The molecule has 0 saturated heterocycles. The molecule has 1 amide bonds. The van der Waals surface area contributed by atoms with Gasteiger partial charge in [-0.25, -0.2) is 13.4 Å². The van der Waals surface area contributed by atoms with Gasteiger partial charge in [-0.2, -0.15) is 0 Å². The molecule has 170 valence electrons. The molecule has 0 atom stereocenters. The number of pyridine rings is 1. The third kappa shape index (κ3) is 6.16. The minimum absolute atomic E-state index is 0.0317. The van der Waals surface area contributed by atoms with Gasteiger partial charge in [0.05, 0.1) is 33.5 Å². The number of thiazole rings is 1. The van der Waals surface area contributed by atoms with E-state index in [0.717, 1.165) is 10.3 Å². The first kappa shape index (κ1) is 23.4.